The van der Waals surface area contributed by atoms with Gasteiger partial charge in [0.2, 0.25) is 5.91 Å². The van der Waals surface area contributed by atoms with Crippen molar-refractivity contribution in [3.8, 4) is 0 Å². The zero-order chi connectivity index (χ0) is 24.7. The maximum absolute atomic E-state index is 12.7. The maximum Gasteiger partial charge on any atom is 0.263 e. The number of aliphatic hydroxyl groups excluding tert-OH is 1. The molecule has 0 bridgehead atoms. The minimum Gasteiger partial charge on any atom is -0.405 e. The number of aromatic nitrogens is 1. The van der Waals surface area contributed by atoms with Crippen LogP contribution in [0.25, 0.3) is 0 Å². The number of hydrogen-bond donors (Lipinski definition) is 3. The topological polar surface area (TPSA) is 104 Å². The molecule has 2 aromatic rings. The van der Waals surface area contributed by atoms with Crippen LogP contribution < -0.4 is 16.0 Å². The van der Waals surface area contributed by atoms with Gasteiger partial charge in [-0.15, -0.1) is 0 Å². The Morgan fingerprint density at radius 1 is 1.33 bits per heavy atom. The molecule has 178 valence electrons. The highest BCUT2D eigenvalue weighted by Gasteiger charge is 2.20. The third-order valence-electron chi connectivity index (χ3n) is 4.87. The van der Waals surface area contributed by atoms with Crippen LogP contribution in [0.15, 0.2) is 47.6 Å². The molecule has 2 rings (SSSR count). The molecular formula is C23H28ClF2N5O2. The molecule has 1 aromatic carbocycles. The zero-order valence-corrected chi connectivity index (χ0v) is 19.6. The molecule has 0 saturated heterocycles. The second-order valence-corrected chi connectivity index (χ2v) is 7.99. The van der Waals surface area contributed by atoms with E-state index in [-0.39, 0.29) is 23.2 Å². The summed E-state index contributed by atoms with van der Waals surface area (Å²) in [5, 5.41) is 12.7. The lowest BCUT2D eigenvalue weighted by Crippen LogP contribution is -2.31. The molecule has 0 spiro atoms. The molecule has 1 amide bonds. The van der Waals surface area contributed by atoms with Crippen LogP contribution in [-0.4, -0.2) is 47.4 Å². The quantitative estimate of drug-likeness (QED) is 0.371. The number of aliphatic hydroxyl groups is 1. The van der Waals surface area contributed by atoms with Gasteiger partial charge >= 0.3 is 0 Å². The molecule has 0 fully saturated rings. The van der Waals surface area contributed by atoms with Gasteiger partial charge < -0.3 is 21.1 Å². The van der Waals surface area contributed by atoms with E-state index >= 15 is 0 Å². The highest BCUT2D eigenvalue weighted by Crippen LogP contribution is 2.29. The average molecular weight is 480 g/mol. The molecule has 0 aliphatic rings. The van der Waals surface area contributed by atoms with Crippen molar-refractivity contribution in [3.05, 3.63) is 64.6 Å². The Kier molecular flexibility index (Phi) is 9.31. The average Bonchev–Trinajstić information content (AvgIpc) is 2.73. The van der Waals surface area contributed by atoms with Crippen molar-refractivity contribution in [2.45, 2.75) is 39.3 Å². The van der Waals surface area contributed by atoms with Gasteiger partial charge in [0.05, 0.1) is 35.7 Å². The third-order valence-corrected chi connectivity index (χ3v) is 5.15. The number of likely N-dealkylation sites (N-methyl/N-ethyl adjacent to an activating group) is 1. The number of benzene rings is 1. The number of anilines is 2. The number of nitrogens with two attached hydrogens (primary N) is 1. The van der Waals surface area contributed by atoms with E-state index in [9.17, 15) is 18.7 Å². The number of carbonyl (C=O) groups excluding carboxylic acids is 1. The van der Waals surface area contributed by atoms with Crippen LogP contribution in [0, 0.1) is 6.92 Å². The molecule has 0 saturated carbocycles. The fourth-order valence-corrected chi connectivity index (χ4v) is 3.31. The van der Waals surface area contributed by atoms with E-state index in [2.05, 4.69) is 15.3 Å². The maximum atomic E-state index is 12.7. The van der Waals surface area contributed by atoms with Gasteiger partial charge in [-0.25, -0.2) is 13.8 Å². The van der Waals surface area contributed by atoms with Crippen molar-refractivity contribution in [2.75, 3.05) is 23.8 Å². The van der Waals surface area contributed by atoms with Crippen molar-refractivity contribution < 1.29 is 18.7 Å². The number of nitrogens with zero attached hydrogens (tertiary/aromatic N) is 3. The summed E-state index contributed by atoms with van der Waals surface area (Å²) >= 11 is 6.46. The van der Waals surface area contributed by atoms with E-state index in [1.807, 2.05) is 0 Å². The molecule has 4 N–H and O–H groups in total. The molecular weight excluding hydrogens is 452 g/mol. The Morgan fingerprint density at radius 3 is 2.52 bits per heavy atom. The Morgan fingerprint density at radius 2 is 1.97 bits per heavy atom. The Balaban J connectivity index is 2.33. The van der Waals surface area contributed by atoms with Gasteiger partial charge in [-0.3, -0.25) is 9.79 Å². The van der Waals surface area contributed by atoms with E-state index in [4.69, 9.17) is 17.3 Å². The summed E-state index contributed by atoms with van der Waals surface area (Å²) < 4.78 is 25.4. The molecule has 7 nitrogen and oxygen atoms in total. The van der Waals surface area contributed by atoms with E-state index in [0.29, 0.717) is 28.3 Å². The number of halogens is 3. The monoisotopic (exact) mass is 479 g/mol. The lowest BCUT2D eigenvalue weighted by molar-refractivity contribution is -0.114. The fourth-order valence-electron chi connectivity index (χ4n) is 2.98. The largest absolute Gasteiger partial charge is 0.405 e. The van der Waals surface area contributed by atoms with Gasteiger partial charge in [0.15, 0.2) is 0 Å². The molecule has 0 radical (unpaired) electrons. The minimum atomic E-state index is -2.58. The van der Waals surface area contributed by atoms with Crippen LogP contribution in [0.5, 0.6) is 0 Å². The highest BCUT2D eigenvalue weighted by atomic mass is 35.5. The van der Waals surface area contributed by atoms with E-state index in [1.54, 1.807) is 44.9 Å². The number of nitrogens with one attached hydrogen (secondary N) is 1. The van der Waals surface area contributed by atoms with Gasteiger partial charge in [0.25, 0.3) is 6.43 Å². The fraction of sp³-hybridized carbons (Fsp3) is 0.348. The predicted octanol–water partition coefficient (Wildman–Crippen LogP) is 4.09. The van der Waals surface area contributed by atoms with E-state index in [0.717, 1.165) is 0 Å². The lowest BCUT2D eigenvalue weighted by Gasteiger charge is -2.24. The van der Waals surface area contributed by atoms with Crippen molar-refractivity contribution in [1.29, 1.82) is 0 Å². The van der Waals surface area contributed by atoms with E-state index in [1.165, 1.54) is 30.5 Å². The third kappa shape index (κ3) is 7.23. The van der Waals surface area contributed by atoms with Crippen LogP contribution in [0.3, 0.4) is 0 Å². The summed E-state index contributed by atoms with van der Waals surface area (Å²) in [5.41, 5.74) is 7.99. The van der Waals surface area contributed by atoms with Crippen molar-refractivity contribution in [3.63, 3.8) is 0 Å². The second kappa shape index (κ2) is 11.7. The standard InChI is InChI=1S/C23H28ClF2N5O2/c1-13-11-19(21(22(24)28-13)18(9-10-27)29-14(2)15(3)32)31(4)12-20(33)30-17-7-5-16(6-8-17)23(25)26/h5-11,14-15,23,32H,12,27H2,1-4H3,(H,30,33)/b10-9-,29-18?/t14-,15?/m1/s1. The molecule has 33 heavy (non-hydrogen) atoms. The number of aliphatic imine (C=N–C) groups is 1. The number of allylic oxidation sites excluding steroid dienone is 1. The second-order valence-electron chi connectivity index (χ2n) is 7.63. The number of aryl methyl sites for hydroxylation is 1. The Bertz CT molecular complexity index is 1030. The molecule has 0 aliphatic carbocycles. The number of pyridine rings is 1. The summed E-state index contributed by atoms with van der Waals surface area (Å²) in [4.78, 5) is 23.1. The number of alkyl halides is 2. The van der Waals surface area contributed by atoms with Crippen LogP contribution in [-0.2, 0) is 4.79 Å². The zero-order valence-electron chi connectivity index (χ0n) is 18.9. The van der Waals surface area contributed by atoms with Crippen molar-refractivity contribution in [1.82, 2.24) is 4.98 Å². The number of hydrogen-bond acceptors (Lipinski definition) is 6. The van der Waals surface area contributed by atoms with Crippen LogP contribution in [0.1, 0.15) is 37.1 Å². The first-order chi connectivity index (χ1) is 15.5. The van der Waals surface area contributed by atoms with Gasteiger partial charge in [0, 0.05) is 24.0 Å². The normalized spacial score (nSPS) is 13.9. The number of rotatable bonds is 9. The van der Waals surface area contributed by atoms with Crippen LogP contribution in [0.2, 0.25) is 5.15 Å². The lowest BCUT2D eigenvalue weighted by atomic mass is 10.1. The first-order valence-electron chi connectivity index (χ1n) is 10.2. The van der Waals surface area contributed by atoms with Crippen molar-refractivity contribution in [2.24, 2.45) is 10.7 Å². The summed E-state index contributed by atoms with van der Waals surface area (Å²) in [6.07, 6.45) is -0.414. The molecule has 1 heterocycles. The predicted molar refractivity (Wildman–Crippen MR) is 128 cm³/mol. The van der Waals surface area contributed by atoms with Gasteiger partial charge in [-0.2, -0.15) is 0 Å². The molecule has 1 unspecified atom stereocenters. The molecule has 0 aliphatic heterocycles. The minimum absolute atomic E-state index is 0.0606. The molecule has 2 atom stereocenters. The Hall–Kier alpha value is -3.04. The summed E-state index contributed by atoms with van der Waals surface area (Å²) in [7, 11) is 1.70. The summed E-state index contributed by atoms with van der Waals surface area (Å²) in [6.45, 7) is 5.08. The van der Waals surface area contributed by atoms with Gasteiger partial charge in [-0.05, 0) is 51.2 Å². The van der Waals surface area contributed by atoms with Crippen LogP contribution >= 0.6 is 11.6 Å². The summed E-state index contributed by atoms with van der Waals surface area (Å²) in [6, 6.07) is 6.70. The Labute approximate surface area is 197 Å². The first-order valence-corrected chi connectivity index (χ1v) is 10.6. The SMILES string of the molecule is Cc1cc(N(C)CC(=O)Nc2ccc(C(F)F)cc2)c(C(/C=C\N)=N[C@H](C)C(C)O)c(Cl)n1. The van der Waals surface area contributed by atoms with Crippen molar-refractivity contribution >= 4 is 34.6 Å². The first kappa shape index (κ1) is 26.2. The van der Waals surface area contributed by atoms with E-state index < -0.39 is 18.6 Å². The number of amides is 1. The van der Waals surface area contributed by atoms with Gasteiger partial charge in [-0.1, -0.05) is 23.7 Å². The molecule has 1 aromatic heterocycles. The van der Waals surface area contributed by atoms with Crippen LogP contribution in [0.4, 0.5) is 20.2 Å². The summed E-state index contributed by atoms with van der Waals surface area (Å²) in [5.74, 6) is -0.357. The van der Waals surface area contributed by atoms with Gasteiger partial charge in [0.1, 0.15) is 5.15 Å². The smallest absolute Gasteiger partial charge is 0.263 e. The highest BCUT2D eigenvalue weighted by molar-refractivity contribution is 6.35. The number of carbonyl (C=O) groups is 1. The molecule has 10 heteroatoms.